The van der Waals surface area contributed by atoms with Gasteiger partial charge in [0.15, 0.2) is 21.3 Å². The molecule has 0 bridgehead atoms. The number of allylic oxidation sites excluding steroid dienone is 1. The van der Waals surface area contributed by atoms with Gasteiger partial charge in [0.1, 0.15) is 40.9 Å². The van der Waals surface area contributed by atoms with Gasteiger partial charge < -0.3 is 5.32 Å². The van der Waals surface area contributed by atoms with Gasteiger partial charge in [-0.05, 0) is 62.1 Å². The Morgan fingerprint density at radius 2 is 1.58 bits per heavy atom. The Morgan fingerprint density at radius 1 is 0.954 bits per heavy atom. The maximum absolute atomic E-state index is 15.6. The first-order valence-electron chi connectivity index (χ1n) is 18.7. The monoisotopic (exact) mass is 979 g/mol. The average Bonchev–Trinajstić information content (AvgIpc) is 3.36. The van der Waals surface area contributed by atoms with Crippen LogP contribution in [0.4, 0.5) is 49.7 Å². The molecule has 3 heterocycles. The molecular formula is C40H32ClF10N7O5S2. The number of hydrogen-bond acceptors (Lipinski definition) is 8. The fraction of sp³-hybridized carbons (Fsp3) is 0.350. The number of nitrogens with zero attached hydrogens (tertiary/aromatic N) is 5. The molecule has 0 unspecified atom stereocenters. The molecule has 1 fully saturated rings. The first-order valence-corrected chi connectivity index (χ1v) is 22.9. The first-order chi connectivity index (χ1) is 29.8. The highest BCUT2D eigenvalue weighted by molar-refractivity contribution is 7.92. The van der Waals surface area contributed by atoms with Gasteiger partial charge in [0, 0.05) is 34.9 Å². The van der Waals surface area contributed by atoms with Gasteiger partial charge in [0.05, 0.1) is 39.8 Å². The number of carbonyl (C=O) groups excluding carboxylic acids is 1. The van der Waals surface area contributed by atoms with E-state index >= 15 is 8.78 Å². The van der Waals surface area contributed by atoms with Gasteiger partial charge in [-0.2, -0.15) is 45.3 Å². The number of aromatic nitrogens is 5. The number of pyridine rings is 1. The summed E-state index contributed by atoms with van der Waals surface area (Å²) in [5, 5.41) is 8.98. The van der Waals surface area contributed by atoms with E-state index in [-0.39, 0.29) is 43.0 Å². The molecule has 12 nitrogen and oxygen atoms in total. The van der Waals surface area contributed by atoms with E-state index in [0.29, 0.717) is 17.0 Å². The Hall–Kier alpha value is -5.67. The maximum Gasteiger partial charge on any atom is 0.435 e. The second-order valence-corrected chi connectivity index (χ2v) is 20.7. The lowest BCUT2D eigenvalue weighted by molar-refractivity contribution is -0.142. The molecule has 1 saturated carbocycles. The minimum Gasteiger partial charge on any atom is -0.346 e. The minimum atomic E-state index is -5.24. The summed E-state index contributed by atoms with van der Waals surface area (Å²) in [7, 11) is -8.07. The number of benzene rings is 2. The van der Waals surface area contributed by atoms with Crippen molar-refractivity contribution in [2.75, 3.05) is 17.2 Å². The number of halogens is 11. The smallest absolute Gasteiger partial charge is 0.346 e. The van der Waals surface area contributed by atoms with Gasteiger partial charge in [0.2, 0.25) is 15.9 Å². The molecule has 25 heteroatoms. The van der Waals surface area contributed by atoms with Crippen LogP contribution in [-0.2, 0) is 56.3 Å². The Balaban J connectivity index is 1.45. The van der Waals surface area contributed by atoms with E-state index < -0.39 is 132 Å². The quantitative estimate of drug-likeness (QED) is 0.0771. The Kier molecular flexibility index (Phi) is 11.5. The molecule has 2 N–H and O–H groups in total. The van der Waals surface area contributed by atoms with E-state index in [0.717, 1.165) is 24.5 Å². The first kappa shape index (κ1) is 47.3. The summed E-state index contributed by atoms with van der Waals surface area (Å²) in [4.78, 5) is 18.6. The largest absolute Gasteiger partial charge is 0.435 e. The van der Waals surface area contributed by atoms with E-state index in [1.807, 2.05) is 4.72 Å². The summed E-state index contributed by atoms with van der Waals surface area (Å²) in [6, 6.07) is 5.18. The van der Waals surface area contributed by atoms with Crippen LogP contribution in [0, 0.1) is 29.4 Å². The molecular weight excluding hydrogens is 948 g/mol. The predicted molar refractivity (Wildman–Crippen MR) is 216 cm³/mol. The molecule has 0 saturated heterocycles. The third-order valence-electron chi connectivity index (χ3n) is 10.7. The number of alkyl halides is 8. The van der Waals surface area contributed by atoms with Crippen LogP contribution in [0.15, 0.2) is 54.6 Å². The van der Waals surface area contributed by atoms with Gasteiger partial charge in [-0.15, -0.1) is 0 Å². The van der Waals surface area contributed by atoms with Crippen LogP contribution in [0.5, 0.6) is 0 Å². The number of amides is 1. The third-order valence-corrected chi connectivity index (χ3v) is 13.5. The number of nitrogens with one attached hydrogen (secondary N) is 2. The summed E-state index contributed by atoms with van der Waals surface area (Å²) >= 11 is 6.46. The van der Waals surface area contributed by atoms with Crippen molar-refractivity contribution in [3.63, 3.8) is 0 Å². The summed E-state index contributed by atoms with van der Waals surface area (Å²) in [6.07, 6.45) is -9.30. The van der Waals surface area contributed by atoms with Gasteiger partial charge in [-0.1, -0.05) is 35.7 Å². The van der Waals surface area contributed by atoms with Crippen molar-refractivity contribution < 1.29 is 65.5 Å². The summed E-state index contributed by atoms with van der Waals surface area (Å²) < 4.78 is 196. The van der Waals surface area contributed by atoms with Crippen LogP contribution in [0.25, 0.3) is 22.0 Å². The molecule has 346 valence electrons. The van der Waals surface area contributed by atoms with Gasteiger partial charge >= 0.3 is 12.4 Å². The van der Waals surface area contributed by atoms with Gasteiger partial charge in [-0.25, -0.2) is 30.6 Å². The Labute approximate surface area is 368 Å². The predicted octanol–water partition coefficient (Wildman–Crippen LogP) is 7.83. The minimum absolute atomic E-state index is 0.159. The molecule has 65 heavy (non-hydrogen) atoms. The van der Waals surface area contributed by atoms with Crippen molar-refractivity contribution in [2.45, 2.75) is 68.3 Å². The van der Waals surface area contributed by atoms with Crippen LogP contribution in [0.1, 0.15) is 59.7 Å². The third kappa shape index (κ3) is 9.27. The molecule has 2 aromatic carbocycles. The lowest BCUT2D eigenvalue weighted by atomic mass is 9.93. The highest BCUT2D eigenvalue weighted by atomic mass is 35.5. The summed E-state index contributed by atoms with van der Waals surface area (Å²) in [5.41, 5.74) is -5.61. The van der Waals surface area contributed by atoms with E-state index in [1.165, 1.54) is 32.0 Å². The van der Waals surface area contributed by atoms with Crippen molar-refractivity contribution >= 4 is 54.1 Å². The molecule has 0 radical (unpaired) electrons. The van der Waals surface area contributed by atoms with Crippen LogP contribution >= 0.6 is 11.6 Å². The van der Waals surface area contributed by atoms with Crippen molar-refractivity contribution in [1.29, 1.82) is 0 Å². The Morgan fingerprint density at radius 3 is 2.17 bits per heavy atom. The van der Waals surface area contributed by atoms with Crippen LogP contribution in [0.3, 0.4) is 0 Å². The normalized spacial score (nSPS) is 17.6. The summed E-state index contributed by atoms with van der Waals surface area (Å²) in [6.45, 7) is 2.85. The number of rotatable bonds is 11. The highest BCUT2D eigenvalue weighted by Gasteiger charge is 2.71. The lowest BCUT2D eigenvalue weighted by Gasteiger charge is -2.23. The SMILES string of the molecule is C=C1[C@@H]2c3c(C(F)(F)F)nn(CC(=O)N[C@@H](Cc4cc(F)cc(F)c4)c4nc(C#CC(C)(C)S(C)(=O)=O)ccc4-c4ccc(Cl)c5c(NS(C)(=O)=O)nn(CC(F)(F)F)c45)c3C(F)(F)[C@H]12. The molecule has 5 aromatic rings. The number of carbonyl (C=O) groups is 1. The zero-order valence-electron chi connectivity index (χ0n) is 33.9. The molecule has 0 spiro atoms. The fourth-order valence-electron chi connectivity index (χ4n) is 7.63. The fourth-order valence-corrected chi connectivity index (χ4v) is 8.61. The van der Waals surface area contributed by atoms with E-state index in [9.17, 15) is 56.8 Å². The van der Waals surface area contributed by atoms with Crippen LogP contribution < -0.4 is 10.0 Å². The average molecular weight is 980 g/mol. The van der Waals surface area contributed by atoms with Gasteiger partial charge in [-0.3, -0.25) is 18.9 Å². The van der Waals surface area contributed by atoms with E-state index in [1.54, 1.807) is 0 Å². The number of sulfone groups is 1. The van der Waals surface area contributed by atoms with Crippen LogP contribution in [-0.4, -0.2) is 70.7 Å². The second kappa shape index (κ2) is 15.7. The zero-order chi connectivity index (χ0) is 48.1. The van der Waals surface area contributed by atoms with Crippen molar-refractivity contribution in [3.8, 4) is 23.0 Å². The molecule has 2 aliphatic carbocycles. The van der Waals surface area contributed by atoms with Crippen molar-refractivity contribution in [2.24, 2.45) is 5.92 Å². The number of fused-ring (bicyclic) bond motifs is 4. The molecule has 1 amide bonds. The molecule has 3 aromatic heterocycles. The standard InChI is InChI=1S/C40H32ClF10N7O5S2/c1-18-28-30-34(40(49,50)51)54-57(35(30)39(47,48)31(18)28)16-27(59)53-26(14-19-12-20(42)15-21(43)13-19)32-23(7-6-22(52-32)10-11-37(2,3)64(4,60)61)24-8-9-25(41)29-33(24)58(17-38(44,45)46)55-36(29)56-65(5,62)63/h6-9,12-13,15,26,28,31H,1,14,16-17H2,2-5H3,(H,53,59)(H,55,56)/t26-,28+,31+/m0/s1. The van der Waals surface area contributed by atoms with Crippen LogP contribution in [0.2, 0.25) is 5.02 Å². The highest BCUT2D eigenvalue weighted by Crippen LogP contribution is 2.71. The number of anilines is 1. The molecule has 0 aliphatic heterocycles. The molecule has 7 rings (SSSR count). The topological polar surface area (TPSA) is 158 Å². The maximum atomic E-state index is 15.6. The summed E-state index contributed by atoms with van der Waals surface area (Å²) in [5.74, 6) is -6.06. The van der Waals surface area contributed by atoms with Crippen molar-refractivity contribution in [3.05, 3.63) is 105 Å². The van der Waals surface area contributed by atoms with Gasteiger partial charge in [0.25, 0.3) is 5.92 Å². The van der Waals surface area contributed by atoms with E-state index in [2.05, 4.69) is 38.9 Å². The molecule has 2 aliphatic rings. The second-order valence-electron chi connectivity index (χ2n) is 16.0. The Bertz CT molecular complexity index is 3120. The number of hydrogen-bond donors (Lipinski definition) is 2. The molecule has 3 atom stereocenters. The van der Waals surface area contributed by atoms with E-state index in [4.69, 9.17) is 11.6 Å². The zero-order valence-corrected chi connectivity index (χ0v) is 36.2. The van der Waals surface area contributed by atoms with Crippen molar-refractivity contribution in [1.82, 2.24) is 29.9 Å². The lowest BCUT2D eigenvalue weighted by Crippen LogP contribution is -2.35. The number of sulfonamides is 1.